The van der Waals surface area contributed by atoms with Crippen LogP contribution in [0, 0.1) is 25.2 Å². The molecule has 0 fully saturated rings. The quantitative estimate of drug-likeness (QED) is 0.784. The number of alkyl halides is 3. The smallest absolute Gasteiger partial charge is 0.422 e. The summed E-state index contributed by atoms with van der Waals surface area (Å²) < 4.78 is 40.3. The topological polar surface area (TPSA) is 45.9 Å². The minimum absolute atomic E-state index is 0.0369. The van der Waals surface area contributed by atoms with Gasteiger partial charge < -0.3 is 4.74 Å². The molecule has 86 valence electrons. The minimum Gasteiger partial charge on any atom is -0.467 e. The zero-order chi connectivity index (χ0) is 12.3. The van der Waals surface area contributed by atoms with Crippen molar-refractivity contribution in [2.75, 3.05) is 6.61 Å². The fraction of sp³-hybridized carbons (Fsp3) is 0.400. The van der Waals surface area contributed by atoms with Crippen molar-refractivity contribution in [2.45, 2.75) is 20.0 Å². The largest absolute Gasteiger partial charge is 0.467 e. The maximum Gasteiger partial charge on any atom is 0.422 e. The van der Waals surface area contributed by atoms with Gasteiger partial charge in [-0.2, -0.15) is 18.4 Å². The molecular formula is C10H9F3N2O. The molecule has 0 aromatic carbocycles. The number of nitriles is 1. The summed E-state index contributed by atoms with van der Waals surface area (Å²) in [5.41, 5.74) is 1.09. The Hall–Kier alpha value is -1.77. The van der Waals surface area contributed by atoms with E-state index in [1.54, 1.807) is 26.0 Å². The molecule has 0 aliphatic heterocycles. The molecule has 16 heavy (non-hydrogen) atoms. The highest BCUT2D eigenvalue weighted by Gasteiger charge is 2.29. The van der Waals surface area contributed by atoms with E-state index in [0.29, 0.717) is 11.3 Å². The molecule has 1 rings (SSSR count). The first-order chi connectivity index (χ1) is 7.33. The minimum atomic E-state index is -4.44. The molecule has 0 spiro atoms. The number of ether oxygens (including phenoxy) is 1. The highest BCUT2D eigenvalue weighted by molar-refractivity contribution is 5.45. The summed E-state index contributed by atoms with van der Waals surface area (Å²) in [7, 11) is 0. The van der Waals surface area contributed by atoms with Crippen LogP contribution in [-0.4, -0.2) is 17.8 Å². The van der Waals surface area contributed by atoms with Crippen molar-refractivity contribution in [1.29, 1.82) is 5.26 Å². The molecule has 6 heteroatoms. The van der Waals surface area contributed by atoms with Gasteiger partial charge in [0.25, 0.3) is 0 Å². The van der Waals surface area contributed by atoms with Gasteiger partial charge in [0.2, 0.25) is 5.88 Å². The van der Waals surface area contributed by atoms with Crippen LogP contribution in [0.4, 0.5) is 13.2 Å². The molecule has 0 aliphatic rings. The third kappa shape index (κ3) is 3.12. The van der Waals surface area contributed by atoms with E-state index in [9.17, 15) is 13.2 Å². The van der Waals surface area contributed by atoms with Gasteiger partial charge in [0.1, 0.15) is 11.6 Å². The second-order valence-corrected chi connectivity index (χ2v) is 3.28. The summed E-state index contributed by atoms with van der Waals surface area (Å²) in [6.45, 7) is 1.79. The standard InChI is InChI=1S/C10H9F3N2O/c1-6-3-7(2)15-9(8(6)4-14)16-5-10(11,12)13/h3H,5H2,1-2H3. The molecule has 0 amide bonds. The molecule has 3 nitrogen and oxygen atoms in total. The zero-order valence-corrected chi connectivity index (χ0v) is 8.72. The molecule has 0 saturated heterocycles. The molecule has 0 N–H and O–H groups in total. The van der Waals surface area contributed by atoms with Crippen LogP contribution in [0.15, 0.2) is 6.07 Å². The molecule has 0 bridgehead atoms. The normalized spacial score (nSPS) is 11.0. The van der Waals surface area contributed by atoms with Gasteiger partial charge in [-0.3, -0.25) is 0 Å². The maximum atomic E-state index is 11.9. The van der Waals surface area contributed by atoms with Crippen molar-refractivity contribution in [3.63, 3.8) is 0 Å². The lowest BCUT2D eigenvalue weighted by atomic mass is 10.1. The van der Waals surface area contributed by atoms with E-state index in [4.69, 9.17) is 5.26 Å². The number of nitrogens with zero attached hydrogens (tertiary/aromatic N) is 2. The molecule has 1 aromatic rings. The summed E-state index contributed by atoms with van der Waals surface area (Å²) >= 11 is 0. The van der Waals surface area contributed by atoms with E-state index < -0.39 is 12.8 Å². The van der Waals surface area contributed by atoms with E-state index >= 15 is 0 Å². The van der Waals surface area contributed by atoms with Crippen LogP contribution in [0.25, 0.3) is 0 Å². The van der Waals surface area contributed by atoms with E-state index in [1.165, 1.54) is 0 Å². The Labute approximate surface area is 90.5 Å². The van der Waals surface area contributed by atoms with Gasteiger partial charge in [0, 0.05) is 5.69 Å². The molecule has 1 heterocycles. The fourth-order valence-electron chi connectivity index (χ4n) is 1.19. The van der Waals surface area contributed by atoms with E-state index in [2.05, 4.69) is 9.72 Å². The summed E-state index contributed by atoms with van der Waals surface area (Å²) in [6.07, 6.45) is -4.44. The maximum absolute atomic E-state index is 11.9. The fourth-order valence-corrected chi connectivity index (χ4v) is 1.19. The van der Waals surface area contributed by atoms with Crippen molar-refractivity contribution in [3.8, 4) is 11.9 Å². The Balaban J connectivity index is 3.00. The lowest BCUT2D eigenvalue weighted by molar-refractivity contribution is -0.154. The van der Waals surface area contributed by atoms with Crippen molar-refractivity contribution in [2.24, 2.45) is 0 Å². The Bertz CT molecular complexity index is 435. The molecule has 0 radical (unpaired) electrons. The first-order valence-corrected chi connectivity index (χ1v) is 4.41. The average Bonchev–Trinajstić information content (AvgIpc) is 2.12. The lowest BCUT2D eigenvalue weighted by Gasteiger charge is -2.11. The number of hydrogen-bond donors (Lipinski definition) is 0. The third-order valence-corrected chi connectivity index (χ3v) is 1.80. The lowest BCUT2D eigenvalue weighted by Crippen LogP contribution is -2.20. The summed E-state index contributed by atoms with van der Waals surface area (Å²) in [5, 5.41) is 8.77. The van der Waals surface area contributed by atoms with Crippen LogP contribution in [0.1, 0.15) is 16.8 Å². The van der Waals surface area contributed by atoms with Crippen LogP contribution >= 0.6 is 0 Å². The second-order valence-electron chi connectivity index (χ2n) is 3.28. The Morgan fingerprint density at radius 2 is 2.06 bits per heavy atom. The predicted molar refractivity (Wildman–Crippen MR) is 50.0 cm³/mol. The van der Waals surface area contributed by atoms with E-state index in [0.717, 1.165) is 0 Å². The summed E-state index contributed by atoms with van der Waals surface area (Å²) in [6, 6.07) is 3.38. The SMILES string of the molecule is Cc1cc(C)c(C#N)c(OCC(F)(F)F)n1. The van der Waals surface area contributed by atoms with Gasteiger partial charge in [-0.25, -0.2) is 4.98 Å². The first kappa shape index (κ1) is 12.3. The first-order valence-electron chi connectivity index (χ1n) is 4.41. The molecular weight excluding hydrogens is 221 g/mol. The molecule has 0 unspecified atom stereocenters. The predicted octanol–water partition coefficient (Wildman–Crippen LogP) is 2.51. The van der Waals surface area contributed by atoms with Crippen molar-refractivity contribution in [3.05, 3.63) is 22.9 Å². The van der Waals surface area contributed by atoms with Gasteiger partial charge in [0.05, 0.1) is 0 Å². The Morgan fingerprint density at radius 1 is 1.44 bits per heavy atom. The van der Waals surface area contributed by atoms with Gasteiger partial charge in [-0.1, -0.05) is 0 Å². The third-order valence-electron chi connectivity index (χ3n) is 1.80. The van der Waals surface area contributed by atoms with Crippen LogP contribution in [0.2, 0.25) is 0 Å². The van der Waals surface area contributed by atoms with E-state index in [-0.39, 0.29) is 11.4 Å². The monoisotopic (exact) mass is 230 g/mol. The van der Waals surface area contributed by atoms with Crippen LogP contribution in [0.5, 0.6) is 5.88 Å². The van der Waals surface area contributed by atoms with Crippen molar-refractivity contribution in [1.82, 2.24) is 4.98 Å². The number of aromatic nitrogens is 1. The van der Waals surface area contributed by atoms with Crippen molar-refractivity contribution < 1.29 is 17.9 Å². The molecule has 1 aromatic heterocycles. The number of aryl methyl sites for hydroxylation is 2. The second kappa shape index (κ2) is 4.39. The average molecular weight is 230 g/mol. The van der Waals surface area contributed by atoms with Crippen LogP contribution < -0.4 is 4.74 Å². The molecule has 0 saturated carbocycles. The Kier molecular flexibility index (Phi) is 3.38. The van der Waals surface area contributed by atoms with Gasteiger partial charge >= 0.3 is 6.18 Å². The van der Waals surface area contributed by atoms with Crippen LogP contribution in [0.3, 0.4) is 0 Å². The highest BCUT2D eigenvalue weighted by Crippen LogP contribution is 2.22. The number of pyridine rings is 1. The summed E-state index contributed by atoms with van der Waals surface area (Å²) in [5.74, 6) is -0.266. The van der Waals surface area contributed by atoms with Crippen molar-refractivity contribution >= 4 is 0 Å². The molecule has 0 atom stereocenters. The number of hydrogen-bond acceptors (Lipinski definition) is 3. The van der Waals surface area contributed by atoms with E-state index in [1.807, 2.05) is 0 Å². The van der Waals surface area contributed by atoms with Gasteiger partial charge in [-0.15, -0.1) is 0 Å². The van der Waals surface area contributed by atoms with Crippen LogP contribution in [-0.2, 0) is 0 Å². The van der Waals surface area contributed by atoms with Gasteiger partial charge in [-0.05, 0) is 25.5 Å². The highest BCUT2D eigenvalue weighted by atomic mass is 19.4. The van der Waals surface area contributed by atoms with Gasteiger partial charge in [0.15, 0.2) is 6.61 Å². The Morgan fingerprint density at radius 3 is 2.56 bits per heavy atom. The summed E-state index contributed by atoms with van der Waals surface area (Å²) in [4.78, 5) is 3.76. The zero-order valence-electron chi connectivity index (χ0n) is 8.72. The number of halogens is 3. The molecule has 0 aliphatic carbocycles. The number of rotatable bonds is 2.